The molecule has 20 heavy (non-hydrogen) atoms. The van der Waals surface area contributed by atoms with Crippen LogP contribution in [-0.4, -0.2) is 25.1 Å². The molecule has 1 amide bonds. The third-order valence-corrected chi connectivity index (χ3v) is 4.25. The minimum atomic E-state index is -0.113. The summed E-state index contributed by atoms with van der Waals surface area (Å²) in [6.45, 7) is 1.22. The monoisotopic (exact) mass is 274 g/mol. The average Bonchev–Trinajstić information content (AvgIpc) is 3.30. The van der Waals surface area contributed by atoms with Crippen LogP contribution >= 0.6 is 0 Å². The lowest BCUT2D eigenvalue weighted by molar-refractivity contribution is -0.125. The number of benzene rings is 1. The van der Waals surface area contributed by atoms with Gasteiger partial charge in [0, 0.05) is 12.6 Å². The first-order chi connectivity index (χ1) is 9.78. The maximum Gasteiger partial charge on any atom is 0.223 e. The molecule has 0 saturated heterocycles. The lowest BCUT2D eigenvalue weighted by Crippen LogP contribution is -2.42. The molecule has 1 aliphatic carbocycles. The second-order valence-corrected chi connectivity index (χ2v) is 5.76. The van der Waals surface area contributed by atoms with Crippen molar-refractivity contribution in [2.24, 2.45) is 11.7 Å². The quantitative estimate of drug-likeness (QED) is 0.856. The molecule has 2 atom stereocenters. The highest BCUT2D eigenvalue weighted by Gasteiger charge is 2.32. The van der Waals surface area contributed by atoms with Crippen molar-refractivity contribution in [3.8, 4) is 0 Å². The van der Waals surface area contributed by atoms with E-state index in [2.05, 4.69) is 17.4 Å². The molecule has 1 saturated carbocycles. The summed E-state index contributed by atoms with van der Waals surface area (Å²) in [4.78, 5) is 12.2. The van der Waals surface area contributed by atoms with Gasteiger partial charge in [-0.3, -0.25) is 4.79 Å². The Labute approximate surface area is 119 Å². The number of nitrogens with one attached hydrogen (secondary N) is 1. The van der Waals surface area contributed by atoms with Crippen LogP contribution in [0.15, 0.2) is 24.3 Å². The van der Waals surface area contributed by atoms with E-state index in [1.165, 1.54) is 18.4 Å². The van der Waals surface area contributed by atoms with Crippen molar-refractivity contribution in [2.45, 2.75) is 37.8 Å². The molecule has 1 aromatic rings. The predicted molar refractivity (Wildman–Crippen MR) is 77.2 cm³/mol. The summed E-state index contributed by atoms with van der Waals surface area (Å²) in [5, 5.41) is 3.06. The largest absolute Gasteiger partial charge is 0.373 e. The summed E-state index contributed by atoms with van der Waals surface area (Å²) in [5.41, 5.74) is 8.18. The van der Waals surface area contributed by atoms with Crippen molar-refractivity contribution in [1.82, 2.24) is 5.32 Å². The molecular weight excluding hydrogens is 252 g/mol. The minimum Gasteiger partial charge on any atom is -0.373 e. The zero-order chi connectivity index (χ0) is 13.9. The summed E-state index contributed by atoms with van der Waals surface area (Å²) >= 11 is 0. The zero-order valence-electron chi connectivity index (χ0n) is 11.7. The Kier molecular flexibility index (Phi) is 4.03. The average molecular weight is 274 g/mol. The Balaban J connectivity index is 1.61. The van der Waals surface area contributed by atoms with Gasteiger partial charge >= 0.3 is 0 Å². The second-order valence-electron chi connectivity index (χ2n) is 5.76. The van der Waals surface area contributed by atoms with Gasteiger partial charge in [-0.2, -0.15) is 0 Å². The van der Waals surface area contributed by atoms with Gasteiger partial charge < -0.3 is 15.8 Å². The first-order valence-corrected chi connectivity index (χ1v) is 7.46. The van der Waals surface area contributed by atoms with Gasteiger partial charge in [0.25, 0.3) is 0 Å². The van der Waals surface area contributed by atoms with E-state index in [1.54, 1.807) is 0 Å². The Hall–Kier alpha value is -1.39. The van der Waals surface area contributed by atoms with Crippen LogP contribution in [0.3, 0.4) is 0 Å². The van der Waals surface area contributed by atoms with Crippen molar-refractivity contribution in [3.05, 3.63) is 35.4 Å². The third-order valence-electron chi connectivity index (χ3n) is 4.25. The fourth-order valence-electron chi connectivity index (χ4n) is 2.95. The lowest BCUT2D eigenvalue weighted by atomic mass is 9.95. The molecule has 0 bridgehead atoms. The number of carbonyl (C=O) groups is 1. The van der Waals surface area contributed by atoms with Gasteiger partial charge in [0.15, 0.2) is 0 Å². The molecular formula is C16H22N2O2. The van der Waals surface area contributed by atoms with Crippen molar-refractivity contribution >= 4 is 5.91 Å². The van der Waals surface area contributed by atoms with Gasteiger partial charge in [-0.05, 0) is 36.3 Å². The molecule has 0 aromatic heterocycles. The van der Waals surface area contributed by atoms with Gasteiger partial charge in [-0.15, -0.1) is 0 Å². The van der Waals surface area contributed by atoms with E-state index in [4.69, 9.17) is 10.5 Å². The molecule has 2 unspecified atom stereocenters. The van der Waals surface area contributed by atoms with E-state index in [1.807, 2.05) is 12.1 Å². The second kappa shape index (κ2) is 5.94. The van der Waals surface area contributed by atoms with Crippen molar-refractivity contribution < 1.29 is 9.53 Å². The summed E-state index contributed by atoms with van der Waals surface area (Å²) in [6.07, 6.45) is 3.58. The van der Waals surface area contributed by atoms with Gasteiger partial charge in [0.1, 0.15) is 0 Å². The fourth-order valence-corrected chi connectivity index (χ4v) is 2.95. The van der Waals surface area contributed by atoms with E-state index in [0.29, 0.717) is 25.5 Å². The van der Waals surface area contributed by atoms with Gasteiger partial charge in [-0.25, -0.2) is 0 Å². The van der Waals surface area contributed by atoms with E-state index >= 15 is 0 Å². The standard InChI is InChI=1S/C16H22N2O2/c17-10-14(12-5-6-12)18-16(19)9-15-13-4-2-1-3-11(13)7-8-20-15/h1-4,12,14-15H,5-10,17H2,(H,18,19). The molecule has 1 heterocycles. The Bertz CT molecular complexity index is 485. The highest BCUT2D eigenvalue weighted by molar-refractivity contribution is 5.77. The van der Waals surface area contributed by atoms with Crippen LogP contribution in [0.5, 0.6) is 0 Å². The Morgan fingerprint density at radius 3 is 2.95 bits per heavy atom. The molecule has 1 aromatic carbocycles. The van der Waals surface area contributed by atoms with Crippen LogP contribution in [0.4, 0.5) is 0 Å². The summed E-state index contributed by atoms with van der Waals surface area (Å²) < 4.78 is 5.77. The number of fused-ring (bicyclic) bond motifs is 1. The van der Waals surface area contributed by atoms with Crippen LogP contribution in [0, 0.1) is 5.92 Å². The predicted octanol–water partition coefficient (Wildman–Crippen LogP) is 1.54. The lowest BCUT2D eigenvalue weighted by Gasteiger charge is -2.26. The SMILES string of the molecule is NCC(NC(=O)CC1OCCc2ccccc21)C1CC1. The molecule has 3 rings (SSSR count). The van der Waals surface area contributed by atoms with Gasteiger partial charge in [0.2, 0.25) is 5.91 Å². The first kappa shape index (κ1) is 13.6. The normalized spacial score (nSPS) is 22.9. The molecule has 4 heteroatoms. The van der Waals surface area contributed by atoms with Crippen molar-refractivity contribution in [1.29, 1.82) is 0 Å². The number of hydrogen-bond acceptors (Lipinski definition) is 3. The zero-order valence-corrected chi connectivity index (χ0v) is 11.7. The third kappa shape index (κ3) is 3.02. The van der Waals surface area contributed by atoms with Crippen LogP contribution in [0.1, 0.15) is 36.5 Å². The number of nitrogens with two attached hydrogens (primary N) is 1. The molecule has 1 fully saturated rings. The summed E-state index contributed by atoms with van der Waals surface area (Å²) in [5.74, 6) is 0.637. The Morgan fingerprint density at radius 2 is 2.20 bits per heavy atom. The summed E-state index contributed by atoms with van der Waals surface area (Å²) in [6, 6.07) is 8.37. The van der Waals surface area contributed by atoms with E-state index < -0.39 is 0 Å². The highest BCUT2D eigenvalue weighted by Crippen LogP contribution is 2.33. The maximum absolute atomic E-state index is 12.2. The molecule has 108 valence electrons. The smallest absolute Gasteiger partial charge is 0.223 e. The number of rotatable bonds is 5. The molecule has 3 N–H and O–H groups in total. The van der Waals surface area contributed by atoms with E-state index in [-0.39, 0.29) is 18.1 Å². The van der Waals surface area contributed by atoms with Crippen LogP contribution in [-0.2, 0) is 16.0 Å². The van der Waals surface area contributed by atoms with Gasteiger partial charge in [0.05, 0.1) is 19.1 Å². The van der Waals surface area contributed by atoms with Gasteiger partial charge in [-0.1, -0.05) is 24.3 Å². The topological polar surface area (TPSA) is 64.3 Å². The number of carbonyl (C=O) groups excluding carboxylic acids is 1. The Morgan fingerprint density at radius 1 is 1.40 bits per heavy atom. The van der Waals surface area contributed by atoms with Crippen molar-refractivity contribution in [2.75, 3.05) is 13.2 Å². The van der Waals surface area contributed by atoms with E-state index in [9.17, 15) is 4.79 Å². The van der Waals surface area contributed by atoms with Crippen LogP contribution in [0.2, 0.25) is 0 Å². The molecule has 2 aliphatic rings. The summed E-state index contributed by atoms with van der Waals surface area (Å²) in [7, 11) is 0. The number of amides is 1. The van der Waals surface area contributed by atoms with Crippen LogP contribution < -0.4 is 11.1 Å². The van der Waals surface area contributed by atoms with Crippen LogP contribution in [0.25, 0.3) is 0 Å². The number of ether oxygens (including phenoxy) is 1. The highest BCUT2D eigenvalue weighted by atomic mass is 16.5. The fraction of sp³-hybridized carbons (Fsp3) is 0.562. The first-order valence-electron chi connectivity index (χ1n) is 7.46. The molecule has 0 radical (unpaired) electrons. The molecule has 1 aliphatic heterocycles. The molecule has 0 spiro atoms. The van der Waals surface area contributed by atoms with Crippen molar-refractivity contribution in [3.63, 3.8) is 0 Å². The number of hydrogen-bond donors (Lipinski definition) is 2. The minimum absolute atomic E-state index is 0.0500. The molecule has 4 nitrogen and oxygen atoms in total. The maximum atomic E-state index is 12.2. The van der Waals surface area contributed by atoms with E-state index in [0.717, 1.165) is 12.0 Å².